The third kappa shape index (κ3) is 5.07. The molecule has 19 heavy (non-hydrogen) atoms. The van der Waals surface area contributed by atoms with Gasteiger partial charge in [0.25, 0.3) is 0 Å². The highest BCUT2D eigenvalue weighted by molar-refractivity contribution is 5.80. The number of hydrogen-bond acceptors (Lipinski definition) is 4. The van der Waals surface area contributed by atoms with Crippen molar-refractivity contribution in [3.8, 4) is 5.75 Å². The van der Waals surface area contributed by atoms with Gasteiger partial charge in [-0.2, -0.15) is 8.78 Å². The Morgan fingerprint density at radius 2 is 2.26 bits per heavy atom. The van der Waals surface area contributed by atoms with Gasteiger partial charge in [-0.3, -0.25) is 4.79 Å². The van der Waals surface area contributed by atoms with E-state index in [1.54, 1.807) is 0 Å². The number of rotatable bonds is 7. The predicted octanol–water partition coefficient (Wildman–Crippen LogP) is 1.62. The number of ether oxygens (including phenoxy) is 1. The van der Waals surface area contributed by atoms with E-state index in [-0.39, 0.29) is 18.2 Å². The lowest BCUT2D eigenvalue weighted by molar-refractivity contribution is -0.119. The molecule has 0 atom stereocenters. The molecule has 0 bridgehead atoms. The van der Waals surface area contributed by atoms with Crippen LogP contribution in [0.4, 0.5) is 14.6 Å². The minimum atomic E-state index is -2.87. The van der Waals surface area contributed by atoms with Crippen LogP contribution in [-0.4, -0.2) is 30.6 Å². The second kappa shape index (κ2) is 6.31. The smallest absolute Gasteiger partial charge is 0.387 e. The molecule has 7 heteroatoms. The van der Waals surface area contributed by atoms with Crippen molar-refractivity contribution >= 4 is 11.7 Å². The molecule has 5 nitrogen and oxygen atoms in total. The highest BCUT2D eigenvalue weighted by atomic mass is 19.3. The maximum absolute atomic E-state index is 11.9. The van der Waals surface area contributed by atoms with Gasteiger partial charge in [0.1, 0.15) is 11.6 Å². The number of aromatic nitrogens is 1. The standard InChI is InChI=1S/C12H15F2N3O2/c13-12(14)19-9-3-4-10(15-6-9)16-7-11(18)17-5-8-1-2-8/h3-4,6,8,12H,1-2,5,7H2,(H,15,16)(H,17,18). The SMILES string of the molecule is O=C(CNc1ccc(OC(F)F)cn1)NCC1CC1. The summed E-state index contributed by atoms with van der Waals surface area (Å²) in [6.45, 7) is -2.04. The Morgan fingerprint density at radius 1 is 1.47 bits per heavy atom. The second-order valence-corrected chi connectivity index (χ2v) is 4.36. The molecule has 0 aliphatic heterocycles. The van der Waals surface area contributed by atoms with Gasteiger partial charge in [-0.25, -0.2) is 4.98 Å². The van der Waals surface area contributed by atoms with Crippen molar-refractivity contribution in [2.45, 2.75) is 19.5 Å². The summed E-state index contributed by atoms with van der Waals surface area (Å²) in [4.78, 5) is 15.3. The van der Waals surface area contributed by atoms with Gasteiger partial charge in [-0.05, 0) is 30.9 Å². The average molecular weight is 271 g/mol. The third-order valence-corrected chi connectivity index (χ3v) is 2.68. The van der Waals surface area contributed by atoms with Gasteiger partial charge in [-0.15, -0.1) is 0 Å². The molecule has 0 spiro atoms. The number of alkyl halides is 2. The largest absolute Gasteiger partial charge is 0.433 e. The van der Waals surface area contributed by atoms with Gasteiger partial charge < -0.3 is 15.4 Å². The van der Waals surface area contributed by atoms with E-state index in [9.17, 15) is 13.6 Å². The monoisotopic (exact) mass is 271 g/mol. The second-order valence-electron chi connectivity index (χ2n) is 4.36. The number of anilines is 1. The highest BCUT2D eigenvalue weighted by Gasteiger charge is 2.21. The summed E-state index contributed by atoms with van der Waals surface area (Å²) in [6, 6.07) is 2.84. The lowest BCUT2D eigenvalue weighted by Crippen LogP contribution is -2.31. The van der Waals surface area contributed by atoms with Gasteiger partial charge in [-0.1, -0.05) is 0 Å². The minimum Gasteiger partial charge on any atom is -0.433 e. The molecule has 1 amide bonds. The fourth-order valence-electron chi connectivity index (χ4n) is 1.47. The van der Waals surface area contributed by atoms with Crippen LogP contribution in [0.5, 0.6) is 5.75 Å². The van der Waals surface area contributed by atoms with Crippen molar-refractivity contribution in [1.29, 1.82) is 0 Å². The van der Waals surface area contributed by atoms with E-state index in [2.05, 4.69) is 20.4 Å². The summed E-state index contributed by atoms with van der Waals surface area (Å²) < 4.78 is 28.0. The summed E-state index contributed by atoms with van der Waals surface area (Å²) >= 11 is 0. The van der Waals surface area contributed by atoms with Crippen LogP contribution >= 0.6 is 0 Å². The summed E-state index contributed by atoms with van der Waals surface area (Å²) in [5.41, 5.74) is 0. The molecule has 1 fully saturated rings. The molecule has 1 saturated carbocycles. The summed E-state index contributed by atoms with van der Waals surface area (Å²) in [5.74, 6) is 0.941. The van der Waals surface area contributed by atoms with E-state index in [4.69, 9.17) is 0 Å². The van der Waals surface area contributed by atoms with Crippen LogP contribution in [0, 0.1) is 5.92 Å². The number of hydrogen-bond donors (Lipinski definition) is 2. The number of nitrogens with zero attached hydrogens (tertiary/aromatic N) is 1. The minimum absolute atomic E-state index is 0.0151. The van der Waals surface area contributed by atoms with E-state index >= 15 is 0 Å². The number of carbonyl (C=O) groups is 1. The van der Waals surface area contributed by atoms with Crippen LogP contribution in [0.15, 0.2) is 18.3 Å². The Kier molecular flexibility index (Phi) is 4.48. The van der Waals surface area contributed by atoms with Crippen molar-refractivity contribution in [3.05, 3.63) is 18.3 Å². The highest BCUT2D eigenvalue weighted by Crippen LogP contribution is 2.27. The van der Waals surface area contributed by atoms with Gasteiger partial charge in [0, 0.05) is 6.54 Å². The lowest BCUT2D eigenvalue weighted by atomic mass is 10.4. The fraction of sp³-hybridized carbons (Fsp3) is 0.500. The van der Waals surface area contributed by atoms with E-state index < -0.39 is 6.61 Å². The number of pyridine rings is 1. The molecule has 2 rings (SSSR count). The maximum atomic E-state index is 11.9. The zero-order valence-corrected chi connectivity index (χ0v) is 10.2. The lowest BCUT2D eigenvalue weighted by Gasteiger charge is -2.08. The zero-order chi connectivity index (χ0) is 13.7. The van der Waals surface area contributed by atoms with Gasteiger partial charge in [0.2, 0.25) is 5.91 Å². The molecular formula is C12H15F2N3O2. The molecule has 0 radical (unpaired) electrons. The normalized spacial score (nSPS) is 14.3. The van der Waals surface area contributed by atoms with E-state index in [1.165, 1.54) is 31.2 Å². The maximum Gasteiger partial charge on any atom is 0.387 e. The van der Waals surface area contributed by atoms with Crippen molar-refractivity contribution in [2.24, 2.45) is 5.92 Å². The van der Waals surface area contributed by atoms with Gasteiger partial charge in [0.05, 0.1) is 12.7 Å². The van der Waals surface area contributed by atoms with Gasteiger partial charge in [0.15, 0.2) is 0 Å². The topological polar surface area (TPSA) is 63.2 Å². The van der Waals surface area contributed by atoms with Crippen LogP contribution in [0.3, 0.4) is 0 Å². The number of amides is 1. The van der Waals surface area contributed by atoms with Crippen LogP contribution in [0.25, 0.3) is 0 Å². The first kappa shape index (κ1) is 13.5. The molecule has 1 aliphatic rings. The molecule has 1 aromatic heterocycles. The van der Waals surface area contributed by atoms with Crippen LogP contribution in [0.1, 0.15) is 12.8 Å². The first-order valence-electron chi connectivity index (χ1n) is 6.05. The summed E-state index contributed by atoms with van der Waals surface area (Å²) in [6.07, 6.45) is 3.54. The van der Waals surface area contributed by atoms with Crippen molar-refractivity contribution < 1.29 is 18.3 Å². The Labute approximate surface area is 109 Å². The predicted molar refractivity (Wildman–Crippen MR) is 65.1 cm³/mol. The molecule has 0 saturated heterocycles. The molecular weight excluding hydrogens is 256 g/mol. The Morgan fingerprint density at radius 3 is 2.84 bits per heavy atom. The molecule has 104 valence electrons. The van der Waals surface area contributed by atoms with Gasteiger partial charge >= 0.3 is 6.61 Å². The number of halogens is 2. The van der Waals surface area contributed by atoms with Crippen molar-refractivity contribution in [2.75, 3.05) is 18.4 Å². The first-order chi connectivity index (χ1) is 9.13. The van der Waals surface area contributed by atoms with Crippen molar-refractivity contribution in [1.82, 2.24) is 10.3 Å². The average Bonchev–Trinajstić information content (AvgIpc) is 3.19. The number of carbonyl (C=O) groups excluding carboxylic acids is 1. The number of nitrogens with one attached hydrogen (secondary N) is 2. The Hall–Kier alpha value is -1.92. The molecule has 1 heterocycles. The summed E-state index contributed by atoms with van der Waals surface area (Å²) in [7, 11) is 0. The molecule has 2 N–H and O–H groups in total. The van der Waals surface area contributed by atoms with E-state index in [0.29, 0.717) is 11.7 Å². The van der Waals surface area contributed by atoms with Crippen LogP contribution < -0.4 is 15.4 Å². The Balaban J connectivity index is 1.70. The molecule has 0 unspecified atom stereocenters. The van der Waals surface area contributed by atoms with Crippen LogP contribution in [-0.2, 0) is 4.79 Å². The van der Waals surface area contributed by atoms with E-state index in [1.807, 2.05) is 0 Å². The fourth-order valence-corrected chi connectivity index (χ4v) is 1.47. The molecule has 0 aromatic carbocycles. The first-order valence-corrected chi connectivity index (χ1v) is 6.05. The molecule has 1 aromatic rings. The van der Waals surface area contributed by atoms with Crippen molar-refractivity contribution in [3.63, 3.8) is 0 Å². The zero-order valence-electron chi connectivity index (χ0n) is 10.2. The third-order valence-electron chi connectivity index (χ3n) is 2.68. The Bertz CT molecular complexity index is 421. The summed E-state index contributed by atoms with van der Waals surface area (Å²) in [5, 5.41) is 5.60. The quantitative estimate of drug-likeness (QED) is 0.791. The van der Waals surface area contributed by atoms with E-state index in [0.717, 1.165) is 6.54 Å². The van der Waals surface area contributed by atoms with Crippen LogP contribution in [0.2, 0.25) is 0 Å². The molecule has 1 aliphatic carbocycles.